The fraction of sp³-hybridized carbons (Fsp3) is 0.154. The number of amides is 1. The predicted molar refractivity (Wildman–Crippen MR) is 137 cm³/mol. The van der Waals surface area contributed by atoms with Gasteiger partial charge in [0.2, 0.25) is 12.2 Å². The first kappa shape index (κ1) is 31.4. The summed E-state index contributed by atoms with van der Waals surface area (Å²) in [6, 6.07) is 11.6. The Labute approximate surface area is 240 Å². The van der Waals surface area contributed by atoms with Crippen molar-refractivity contribution in [3.8, 4) is 0 Å². The molecule has 0 unspecified atom stereocenters. The number of carboxylic acid groups (broad SMARTS) is 1. The molecule has 0 radical (unpaired) electrons. The monoisotopic (exact) mass is 695 g/mol. The summed E-state index contributed by atoms with van der Waals surface area (Å²) in [6.45, 7) is 0. The van der Waals surface area contributed by atoms with Crippen LogP contribution in [0.5, 0.6) is 0 Å². The smallest absolute Gasteiger partial charge is 0.416 e. The Bertz CT molecular complexity index is 1470. The van der Waals surface area contributed by atoms with Crippen LogP contribution in [-0.4, -0.2) is 41.1 Å². The van der Waals surface area contributed by atoms with E-state index in [4.69, 9.17) is 9.47 Å². The highest BCUT2D eigenvalue weighted by atomic mass is 127. The third-order valence-electron chi connectivity index (χ3n) is 5.23. The number of carbonyl (C=O) groups is 4. The van der Waals surface area contributed by atoms with Crippen LogP contribution < -0.4 is 5.32 Å². The van der Waals surface area contributed by atoms with Crippen LogP contribution in [-0.2, 0) is 31.4 Å². The van der Waals surface area contributed by atoms with Crippen LogP contribution in [0.3, 0.4) is 0 Å². The van der Waals surface area contributed by atoms with E-state index in [9.17, 15) is 50.6 Å². The second kappa shape index (κ2) is 12.6. The normalized spacial score (nSPS) is 13.0. The summed E-state index contributed by atoms with van der Waals surface area (Å²) in [5.74, 6) is -6.62. The summed E-state index contributed by atoms with van der Waals surface area (Å²) in [6.07, 6.45) is -14.9. The Morgan fingerprint density at radius 3 is 1.61 bits per heavy atom. The third-order valence-corrected chi connectivity index (χ3v) is 6.17. The molecule has 0 bridgehead atoms. The number of rotatable bonds is 8. The van der Waals surface area contributed by atoms with Crippen LogP contribution in [0.15, 0.2) is 72.8 Å². The lowest BCUT2D eigenvalue weighted by atomic mass is 10.1. The number of hydrogen-bond donors (Lipinski definition) is 2. The molecule has 41 heavy (non-hydrogen) atoms. The molecule has 15 heteroatoms. The van der Waals surface area contributed by atoms with Crippen LogP contribution >= 0.6 is 22.6 Å². The minimum Gasteiger partial charge on any atom is -0.478 e. The topological polar surface area (TPSA) is 119 Å². The quantitative estimate of drug-likeness (QED) is 0.174. The second-order valence-electron chi connectivity index (χ2n) is 8.12. The van der Waals surface area contributed by atoms with Crippen molar-refractivity contribution in [2.75, 3.05) is 5.32 Å². The molecule has 3 aromatic rings. The van der Waals surface area contributed by atoms with E-state index in [2.05, 4.69) is 5.32 Å². The van der Waals surface area contributed by atoms with Gasteiger partial charge in [-0.3, -0.25) is 4.79 Å². The molecule has 8 nitrogen and oxygen atoms in total. The van der Waals surface area contributed by atoms with E-state index in [-0.39, 0.29) is 5.69 Å². The van der Waals surface area contributed by atoms with Crippen molar-refractivity contribution in [3.05, 3.63) is 98.6 Å². The number of halogens is 7. The van der Waals surface area contributed by atoms with Crippen molar-refractivity contribution >= 4 is 52.1 Å². The maximum atomic E-state index is 13.1. The lowest BCUT2D eigenvalue weighted by molar-refractivity contribution is -0.157. The SMILES string of the molecule is O=C(O[C@H](C(=O)Nc1ccccc1I)[C@@H](OC(=O)c1cccc(C(F)(F)F)c1)C(=O)O)c1cccc(C(F)(F)F)c1. The van der Waals surface area contributed by atoms with Crippen LogP contribution in [0, 0.1) is 3.57 Å². The number of ether oxygens (including phenoxy) is 2. The minimum absolute atomic E-state index is 0.103. The number of aliphatic carboxylic acids is 1. The molecule has 0 heterocycles. The summed E-state index contributed by atoms with van der Waals surface area (Å²) in [7, 11) is 0. The molecule has 0 aromatic heterocycles. The Balaban J connectivity index is 1.98. The van der Waals surface area contributed by atoms with Gasteiger partial charge in [-0.2, -0.15) is 26.3 Å². The summed E-state index contributed by atoms with van der Waals surface area (Å²) in [5.41, 5.74) is -3.88. The predicted octanol–water partition coefficient (Wildman–Crippen LogP) is 5.80. The number of para-hydroxylation sites is 1. The van der Waals surface area contributed by atoms with Crippen molar-refractivity contribution in [1.29, 1.82) is 0 Å². The fourth-order valence-electron chi connectivity index (χ4n) is 3.27. The number of nitrogens with one attached hydrogen (secondary N) is 1. The van der Waals surface area contributed by atoms with Crippen LogP contribution in [0.4, 0.5) is 32.0 Å². The number of carboxylic acids is 1. The van der Waals surface area contributed by atoms with Crippen molar-refractivity contribution in [1.82, 2.24) is 0 Å². The average Bonchev–Trinajstić information content (AvgIpc) is 2.90. The van der Waals surface area contributed by atoms with Crippen molar-refractivity contribution in [2.45, 2.75) is 24.6 Å². The lowest BCUT2D eigenvalue weighted by Crippen LogP contribution is -2.48. The van der Waals surface area contributed by atoms with Crippen molar-refractivity contribution < 1.29 is 60.1 Å². The molecule has 2 N–H and O–H groups in total. The maximum absolute atomic E-state index is 13.1. The molecule has 2 atom stereocenters. The second-order valence-corrected chi connectivity index (χ2v) is 9.28. The zero-order valence-corrected chi connectivity index (χ0v) is 22.3. The molecule has 0 aliphatic heterocycles. The molecule has 0 aliphatic carbocycles. The molecule has 0 spiro atoms. The van der Waals surface area contributed by atoms with Gasteiger partial charge in [-0.1, -0.05) is 24.3 Å². The summed E-state index contributed by atoms with van der Waals surface area (Å²) >= 11 is 1.81. The highest BCUT2D eigenvalue weighted by molar-refractivity contribution is 14.1. The number of benzene rings is 3. The van der Waals surface area contributed by atoms with E-state index in [1.165, 1.54) is 12.1 Å². The Hall–Kier alpha value is -4.15. The Morgan fingerprint density at radius 1 is 0.707 bits per heavy atom. The van der Waals surface area contributed by atoms with E-state index < -0.39 is 70.6 Å². The number of hydrogen-bond acceptors (Lipinski definition) is 6. The first-order valence-corrected chi connectivity index (χ1v) is 12.2. The zero-order valence-electron chi connectivity index (χ0n) is 20.1. The number of alkyl halides is 6. The van der Waals surface area contributed by atoms with E-state index >= 15 is 0 Å². The molecule has 1 amide bonds. The third kappa shape index (κ3) is 8.18. The number of anilines is 1. The maximum Gasteiger partial charge on any atom is 0.416 e. The summed E-state index contributed by atoms with van der Waals surface area (Å²) in [4.78, 5) is 50.6. The Morgan fingerprint density at radius 2 is 1.17 bits per heavy atom. The molecule has 0 saturated carbocycles. The molecule has 3 rings (SSSR count). The van der Waals surface area contributed by atoms with Gasteiger partial charge in [0.1, 0.15) is 0 Å². The van der Waals surface area contributed by atoms with E-state index in [1.54, 1.807) is 12.1 Å². The molecular formula is C26H16F6INO7. The van der Waals surface area contributed by atoms with Gasteiger partial charge >= 0.3 is 30.3 Å². The van der Waals surface area contributed by atoms with E-state index in [0.717, 1.165) is 24.3 Å². The summed E-state index contributed by atoms with van der Waals surface area (Å²) < 4.78 is 88.8. The fourth-order valence-corrected chi connectivity index (χ4v) is 3.79. The largest absolute Gasteiger partial charge is 0.478 e. The van der Waals surface area contributed by atoms with Crippen molar-refractivity contribution in [3.63, 3.8) is 0 Å². The van der Waals surface area contributed by atoms with Gasteiger partial charge in [-0.15, -0.1) is 0 Å². The van der Waals surface area contributed by atoms with Gasteiger partial charge in [0.05, 0.1) is 27.9 Å². The first-order chi connectivity index (χ1) is 19.1. The number of esters is 2. The van der Waals surface area contributed by atoms with E-state index in [1.807, 2.05) is 22.6 Å². The molecule has 0 fully saturated rings. The molecule has 216 valence electrons. The summed E-state index contributed by atoms with van der Waals surface area (Å²) in [5, 5.41) is 12.0. The number of carbonyl (C=O) groups excluding carboxylic acids is 3. The highest BCUT2D eigenvalue weighted by Crippen LogP contribution is 2.31. The minimum atomic E-state index is -4.86. The molecule has 0 saturated heterocycles. The average molecular weight is 695 g/mol. The molecule has 3 aromatic carbocycles. The lowest BCUT2D eigenvalue weighted by Gasteiger charge is -2.24. The molecule has 0 aliphatic rings. The van der Waals surface area contributed by atoms with Crippen LogP contribution in [0.2, 0.25) is 0 Å². The van der Waals surface area contributed by atoms with Gasteiger partial charge in [0.25, 0.3) is 5.91 Å². The van der Waals surface area contributed by atoms with Gasteiger partial charge in [0.15, 0.2) is 0 Å². The van der Waals surface area contributed by atoms with Gasteiger partial charge < -0.3 is 19.9 Å². The molecular weight excluding hydrogens is 679 g/mol. The standard InChI is InChI=1S/C26H16F6INO7/c27-25(28,29)15-7-3-5-13(11-15)23(38)40-19(21(35)34-18-10-2-1-9-17(18)33)20(22(36)37)41-24(39)14-6-4-8-16(12-14)26(30,31)32/h1-12,19-20H,(H,34,35)(H,36,37)/t19-,20+/m0/s1. The highest BCUT2D eigenvalue weighted by Gasteiger charge is 2.42. The van der Waals surface area contributed by atoms with Crippen molar-refractivity contribution in [2.24, 2.45) is 0 Å². The first-order valence-electron chi connectivity index (χ1n) is 11.1. The van der Waals surface area contributed by atoms with E-state index in [0.29, 0.717) is 27.8 Å². The van der Waals surface area contributed by atoms with Crippen LogP contribution in [0.25, 0.3) is 0 Å². The van der Waals surface area contributed by atoms with Crippen LogP contribution in [0.1, 0.15) is 31.8 Å². The van der Waals surface area contributed by atoms with Gasteiger partial charge in [-0.05, 0) is 71.1 Å². The van der Waals surface area contributed by atoms with Gasteiger partial charge in [0, 0.05) is 3.57 Å². The Kier molecular flexibility index (Phi) is 9.62. The zero-order chi connectivity index (χ0) is 30.5. The van der Waals surface area contributed by atoms with Gasteiger partial charge in [-0.25, -0.2) is 14.4 Å².